The Hall–Kier alpha value is -2.35. The molecule has 0 heterocycles. The highest BCUT2D eigenvalue weighted by atomic mass is 16.7. The van der Waals surface area contributed by atoms with Crippen LogP contribution in [0, 0.1) is 17.8 Å². The van der Waals surface area contributed by atoms with Crippen LogP contribution < -0.4 is 0 Å². The topological polar surface area (TPSA) is 102 Å². The molecule has 8 nitrogen and oxygen atoms in total. The average Bonchev–Trinajstić information content (AvgIpc) is 3.20. The molecule has 0 aliphatic carbocycles. The lowest BCUT2D eigenvalue weighted by atomic mass is 9.90. The number of nitrogens with zero attached hydrogens (tertiary/aromatic N) is 1. The Kier molecular flexibility index (Phi) is 40.1. The summed E-state index contributed by atoms with van der Waals surface area (Å²) >= 11 is 0. The van der Waals surface area contributed by atoms with E-state index in [1.807, 2.05) is 0 Å². The maximum Gasteiger partial charge on any atom is 0.508 e. The molecule has 2 unspecified atom stereocenters. The van der Waals surface area contributed by atoms with E-state index in [-0.39, 0.29) is 32.2 Å². The molecule has 0 aliphatic rings. The second-order valence-corrected chi connectivity index (χ2v) is 16.4. The molecule has 0 saturated heterocycles. The molecule has 0 rings (SSSR count). The smallest absolute Gasteiger partial charge is 0.481 e. The Labute approximate surface area is 351 Å². The number of carboxylic acids is 1. The summed E-state index contributed by atoms with van der Waals surface area (Å²) in [4.78, 5) is 39.7. The van der Waals surface area contributed by atoms with Gasteiger partial charge in [-0.1, -0.05) is 174 Å². The van der Waals surface area contributed by atoms with E-state index in [9.17, 15) is 19.5 Å². The second kappa shape index (κ2) is 41.8. The van der Waals surface area contributed by atoms with E-state index in [1.54, 1.807) is 0 Å². The van der Waals surface area contributed by atoms with Crippen molar-refractivity contribution in [3.8, 4) is 0 Å². The molecule has 0 bridgehead atoms. The number of carbonyl (C=O) groups excluding carboxylic acids is 2. The normalized spacial score (nSPS) is 12.9. The van der Waals surface area contributed by atoms with Gasteiger partial charge in [0.05, 0.1) is 19.1 Å². The molecule has 0 aliphatic heterocycles. The third-order valence-electron chi connectivity index (χ3n) is 11.3. The number of carboxylic acid groups (broad SMARTS) is 1. The van der Waals surface area contributed by atoms with Crippen molar-refractivity contribution in [3.63, 3.8) is 0 Å². The van der Waals surface area contributed by atoms with E-state index >= 15 is 0 Å². The summed E-state index contributed by atoms with van der Waals surface area (Å²) in [6.07, 6.45) is 38.6. The lowest BCUT2D eigenvalue weighted by molar-refractivity contribution is -0.146. The fraction of sp³-hybridized carbons (Fsp3) is 0.857. The van der Waals surface area contributed by atoms with Crippen molar-refractivity contribution >= 4 is 18.1 Å². The van der Waals surface area contributed by atoms with Crippen LogP contribution in [0.2, 0.25) is 0 Å². The number of allylic oxidation sites excluding steroid dienone is 4. The highest BCUT2D eigenvalue weighted by Crippen LogP contribution is 2.25. The SMILES string of the molecule is CCCCC/C=C\C/C=C\CCCCCCC(CC(COC(=O)CCCCCCCC(CCCCC)CCCCC)COC(=O)OCCCN(CC)CC)C(=O)O. The van der Waals surface area contributed by atoms with Crippen molar-refractivity contribution < 1.29 is 33.7 Å². The first kappa shape index (κ1) is 54.6. The van der Waals surface area contributed by atoms with Gasteiger partial charge in [0.15, 0.2) is 0 Å². The summed E-state index contributed by atoms with van der Waals surface area (Å²) < 4.78 is 16.4. The third-order valence-corrected chi connectivity index (χ3v) is 11.3. The Morgan fingerprint density at radius 3 is 1.65 bits per heavy atom. The molecule has 0 saturated carbocycles. The van der Waals surface area contributed by atoms with Crippen LogP contribution in [-0.4, -0.2) is 67.6 Å². The molecule has 0 radical (unpaired) electrons. The maximum atomic E-state index is 12.7. The largest absolute Gasteiger partial charge is 0.508 e. The molecule has 0 aromatic carbocycles. The first-order valence-electron chi connectivity index (χ1n) is 24.0. The minimum Gasteiger partial charge on any atom is -0.481 e. The van der Waals surface area contributed by atoms with Crippen molar-refractivity contribution in [2.45, 2.75) is 214 Å². The highest BCUT2D eigenvalue weighted by molar-refractivity contribution is 5.70. The van der Waals surface area contributed by atoms with Gasteiger partial charge in [0.2, 0.25) is 0 Å². The monoisotopic (exact) mass is 806 g/mol. The summed E-state index contributed by atoms with van der Waals surface area (Å²) in [6.45, 7) is 14.0. The van der Waals surface area contributed by atoms with Crippen molar-refractivity contribution in [3.05, 3.63) is 24.3 Å². The van der Waals surface area contributed by atoms with Gasteiger partial charge in [0, 0.05) is 18.9 Å². The molecule has 334 valence electrons. The van der Waals surface area contributed by atoms with Crippen LogP contribution in [-0.2, 0) is 23.8 Å². The minimum absolute atomic E-state index is 0.0373. The second-order valence-electron chi connectivity index (χ2n) is 16.4. The van der Waals surface area contributed by atoms with E-state index in [2.05, 4.69) is 63.8 Å². The number of rotatable bonds is 42. The van der Waals surface area contributed by atoms with Crippen molar-refractivity contribution in [2.24, 2.45) is 17.8 Å². The number of esters is 1. The summed E-state index contributed by atoms with van der Waals surface area (Å²) in [7, 11) is 0. The number of unbranched alkanes of at least 4 members (excludes halogenated alkanes) is 15. The van der Waals surface area contributed by atoms with Crippen LogP contribution in [0.1, 0.15) is 214 Å². The van der Waals surface area contributed by atoms with Gasteiger partial charge < -0.3 is 24.2 Å². The van der Waals surface area contributed by atoms with E-state index in [0.717, 1.165) is 83.3 Å². The van der Waals surface area contributed by atoms with E-state index < -0.39 is 24.0 Å². The van der Waals surface area contributed by atoms with Gasteiger partial charge in [-0.15, -0.1) is 0 Å². The molecule has 0 aromatic heterocycles. The number of hydrogen-bond acceptors (Lipinski definition) is 7. The quantitative estimate of drug-likeness (QED) is 0.0370. The minimum atomic E-state index is -0.857. The van der Waals surface area contributed by atoms with Gasteiger partial charge in [-0.05, 0) is 76.8 Å². The molecular weight excluding hydrogens is 715 g/mol. The van der Waals surface area contributed by atoms with Gasteiger partial charge in [0.1, 0.15) is 6.61 Å². The maximum absolute atomic E-state index is 12.7. The predicted molar refractivity (Wildman–Crippen MR) is 239 cm³/mol. The molecule has 2 atom stereocenters. The first-order chi connectivity index (χ1) is 27.8. The molecular formula is C49H91NO7. The van der Waals surface area contributed by atoms with Crippen molar-refractivity contribution in [1.29, 1.82) is 0 Å². The average molecular weight is 806 g/mol. The molecule has 0 aromatic rings. The number of ether oxygens (including phenoxy) is 3. The molecule has 8 heteroatoms. The van der Waals surface area contributed by atoms with Gasteiger partial charge in [-0.3, -0.25) is 9.59 Å². The molecule has 0 fully saturated rings. The van der Waals surface area contributed by atoms with Gasteiger partial charge in [-0.2, -0.15) is 0 Å². The molecule has 1 N–H and O–H groups in total. The van der Waals surface area contributed by atoms with Crippen LogP contribution >= 0.6 is 0 Å². The van der Waals surface area contributed by atoms with E-state index in [4.69, 9.17) is 14.2 Å². The summed E-state index contributed by atoms with van der Waals surface area (Å²) in [5, 5.41) is 10.1. The van der Waals surface area contributed by atoms with Gasteiger partial charge in [0.25, 0.3) is 0 Å². The van der Waals surface area contributed by atoms with Crippen LogP contribution in [0.15, 0.2) is 24.3 Å². The number of hydrogen-bond donors (Lipinski definition) is 1. The van der Waals surface area contributed by atoms with Crippen molar-refractivity contribution in [1.82, 2.24) is 4.90 Å². The van der Waals surface area contributed by atoms with Crippen LogP contribution in [0.25, 0.3) is 0 Å². The van der Waals surface area contributed by atoms with Crippen LogP contribution in [0.3, 0.4) is 0 Å². The van der Waals surface area contributed by atoms with E-state index in [0.29, 0.717) is 19.3 Å². The standard InChI is InChI=1S/C49H91NO7/c1-6-11-14-15-16-17-18-19-20-21-22-23-26-31-37-46(48(52)53)41-45(43-57-49(54)55-40-33-39-50(9-4)10-5)42-56-47(51)38-32-27-24-25-30-36-44(34-28-12-7-2)35-29-13-8-3/h16-17,19-20,44-46H,6-15,18,21-43H2,1-5H3,(H,52,53)/b17-16-,20-19-. The Morgan fingerprint density at radius 1 is 0.544 bits per heavy atom. The predicted octanol–water partition coefficient (Wildman–Crippen LogP) is 14.1. The number of aliphatic carboxylic acids is 1. The molecule has 0 spiro atoms. The Bertz CT molecular complexity index is 969. The summed E-state index contributed by atoms with van der Waals surface area (Å²) in [5.41, 5.74) is 0. The van der Waals surface area contributed by atoms with E-state index in [1.165, 1.54) is 96.3 Å². The summed E-state index contributed by atoms with van der Waals surface area (Å²) in [5.74, 6) is -1.26. The third kappa shape index (κ3) is 36.5. The van der Waals surface area contributed by atoms with Gasteiger partial charge in [-0.25, -0.2) is 4.79 Å². The fourth-order valence-corrected chi connectivity index (χ4v) is 7.48. The Balaban J connectivity index is 4.78. The van der Waals surface area contributed by atoms with Crippen LogP contribution in [0.5, 0.6) is 0 Å². The number of carbonyl (C=O) groups is 3. The zero-order chi connectivity index (χ0) is 42.0. The first-order valence-corrected chi connectivity index (χ1v) is 24.0. The molecule has 0 amide bonds. The highest BCUT2D eigenvalue weighted by Gasteiger charge is 2.25. The lowest BCUT2D eigenvalue weighted by Gasteiger charge is -2.21. The Morgan fingerprint density at radius 2 is 1.05 bits per heavy atom. The fourth-order valence-electron chi connectivity index (χ4n) is 7.48. The zero-order valence-electron chi connectivity index (χ0n) is 37.9. The van der Waals surface area contributed by atoms with Gasteiger partial charge >= 0.3 is 18.1 Å². The molecule has 57 heavy (non-hydrogen) atoms. The zero-order valence-corrected chi connectivity index (χ0v) is 37.9. The summed E-state index contributed by atoms with van der Waals surface area (Å²) in [6, 6.07) is 0. The lowest BCUT2D eigenvalue weighted by Crippen LogP contribution is -2.27. The van der Waals surface area contributed by atoms with Crippen LogP contribution in [0.4, 0.5) is 4.79 Å². The van der Waals surface area contributed by atoms with Crippen molar-refractivity contribution in [2.75, 3.05) is 39.5 Å².